The van der Waals surface area contributed by atoms with Crippen LogP contribution in [0.25, 0.3) is 0 Å². The van der Waals surface area contributed by atoms with Gasteiger partial charge in [-0.3, -0.25) is 9.59 Å². The Labute approximate surface area is 231 Å². The molecule has 2 amide bonds. The van der Waals surface area contributed by atoms with E-state index in [0.717, 1.165) is 5.56 Å². The summed E-state index contributed by atoms with van der Waals surface area (Å²) in [5, 5.41) is 3.36. The van der Waals surface area contributed by atoms with E-state index in [0.29, 0.717) is 27.8 Å². The normalized spacial score (nSPS) is 11.4. The van der Waals surface area contributed by atoms with Gasteiger partial charge in [0.05, 0.1) is 26.3 Å². The fourth-order valence-corrected chi connectivity index (χ4v) is 4.35. The lowest BCUT2D eigenvalue weighted by Gasteiger charge is -2.32. The Balaban J connectivity index is 1.77. The van der Waals surface area contributed by atoms with Crippen LogP contribution < -0.4 is 14.8 Å². The zero-order chi connectivity index (χ0) is 27.8. The van der Waals surface area contributed by atoms with Crippen molar-refractivity contribution in [1.29, 1.82) is 0 Å². The van der Waals surface area contributed by atoms with Crippen LogP contribution in [0.2, 0.25) is 5.02 Å². The molecular formula is C31H28ClFN2O4. The summed E-state index contributed by atoms with van der Waals surface area (Å²) in [5.74, 6) is -0.381. The number of hydrogen-bond acceptors (Lipinski definition) is 4. The van der Waals surface area contributed by atoms with Crippen molar-refractivity contribution in [3.8, 4) is 11.5 Å². The smallest absolute Gasteiger partial charge is 0.251 e. The Hall–Kier alpha value is -4.36. The highest BCUT2D eigenvalue weighted by Gasteiger charge is 2.32. The molecule has 4 aromatic rings. The van der Waals surface area contributed by atoms with Gasteiger partial charge in [-0.05, 0) is 41.5 Å². The van der Waals surface area contributed by atoms with E-state index < -0.39 is 17.8 Å². The molecule has 4 rings (SSSR count). The number of carbonyl (C=O) groups excluding carboxylic acids is 2. The molecule has 8 heteroatoms. The lowest BCUT2D eigenvalue weighted by molar-refractivity contribution is -0.139. The van der Waals surface area contributed by atoms with Gasteiger partial charge in [-0.1, -0.05) is 72.3 Å². The fourth-order valence-electron chi connectivity index (χ4n) is 4.23. The van der Waals surface area contributed by atoms with Gasteiger partial charge in [0.1, 0.15) is 23.4 Å². The highest BCUT2D eigenvalue weighted by atomic mass is 35.5. The summed E-state index contributed by atoms with van der Waals surface area (Å²) >= 11 is 6.13. The summed E-state index contributed by atoms with van der Waals surface area (Å²) in [4.78, 5) is 29.2. The standard InChI is InChI=1S/C31H28ClFN2O4/c1-38-25-16-17-27(28(19-25)39-2)34-31(37)30(22-12-14-24(32)15-13-22)35(20-23-10-6-7-11-26(23)33)29(36)18-21-8-4-3-5-9-21/h3-17,19,30H,18,20H2,1-2H3,(H,34,37). The molecule has 0 aliphatic carbocycles. The molecule has 1 unspecified atom stereocenters. The monoisotopic (exact) mass is 546 g/mol. The minimum absolute atomic E-state index is 0.0263. The van der Waals surface area contributed by atoms with Crippen LogP contribution >= 0.6 is 11.6 Å². The molecule has 0 spiro atoms. The number of hydrogen-bond donors (Lipinski definition) is 1. The lowest BCUT2D eigenvalue weighted by Crippen LogP contribution is -2.42. The first-order valence-corrected chi connectivity index (χ1v) is 12.6. The second kappa shape index (κ2) is 12.9. The van der Waals surface area contributed by atoms with E-state index in [1.165, 1.54) is 25.2 Å². The van der Waals surface area contributed by atoms with E-state index in [1.807, 2.05) is 30.3 Å². The third-order valence-corrected chi connectivity index (χ3v) is 6.48. The van der Waals surface area contributed by atoms with Crippen molar-refractivity contribution in [2.75, 3.05) is 19.5 Å². The number of nitrogens with zero attached hydrogens (tertiary/aromatic N) is 1. The first-order valence-electron chi connectivity index (χ1n) is 12.2. The Kier molecular flexibility index (Phi) is 9.18. The minimum atomic E-state index is -1.11. The lowest BCUT2D eigenvalue weighted by atomic mass is 10.0. The molecule has 0 aliphatic rings. The number of methoxy groups -OCH3 is 2. The van der Waals surface area contributed by atoms with Crippen LogP contribution in [0, 0.1) is 5.82 Å². The topological polar surface area (TPSA) is 67.9 Å². The molecule has 0 radical (unpaired) electrons. The van der Waals surface area contributed by atoms with Crippen LogP contribution in [0.3, 0.4) is 0 Å². The predicted octanol–water partition coefficient (Wildman–Crippen LogP) is 6.45. The van der Waals surface area contributed by atoms with Crippen molar-refractivity contribution >= 4 is 29.1 Å². The molecule has 0 bridgehead atoms. The summed E-state index contributed by atoms with van der Waals surface area (Å²) in [5.41, 5.74) is 1.96. The molecule has 0 aromatic heterocycles. The molecule has 0 aliphatic heterocycles. The van der Waals surface area contributed by atoms with Crippen molar-refractivity contribution in [2.24, 2.45) is 0 Å². The molecule has 200 valence electrons. The molecular weight excluding hydrogens is 519 g/mol. The van der Waals surface area contributed by atoms with Crippen LogP contribution in [0.5, 0.6) is 11.5 Å². The van der Waals surface area contributed by atoms with E-state index in [2.05, 4.69) is 5.32 Å². The number of halogens is 2. The van der Waals surface area contributed by atoms with Crippen LogP contribution in [0.1, 0.15) is 22.7 Å². The number of carbonyl (C=O) groups is 2. The maximum absolute atomic E-state index is 14.8. The Morgan fingerprint density at radius 3 is 2.26 bits per heavy atom. The van der Waals surface area contributed by atoms with Gasteiger partial charge in [-0.2, -0.15) is 0 Å². The van der Waals surface area contributed by atoms with E-state index in [9.17, 15) is 14.0 Å². The molecule has 0 fully saturated rings. The fraction of sp³-hybridized carbons (Fsp3) is 0.161. The van der Waals surface area contributed by atoms with Gasteiger partial charge in [-0.25, -0.2) is 4.39 Å². The average molecular weight is 547 g/mol. The minimum Gasteiger partial charge on any atom is -0.497 e. The van der Waals surface area contributed by atoms with Gasteiger partial charge in [-0.15, -0.1) is 0 Å². The highest BCUT2D eigenvalue weighted by molar-refractivity contribution is 6.30. The first-order chi connectivity index (χ1) is 18.9. The van der Waals surface area contributed by atoms with Crippen LogP contribution in [-0.2, 0) is 22.6 Å². The molecule has 4 aromatic carbocycles. The number of rotatable bonds is 10. The van der Waals surface area contributed by atoms with Crippen molar-refractivity contribution < 1.29 is 23.5 Å². The zero-order valence-electron chi connectivity index (χ0n) is 21.6. The Bertz CT molecular complexity index is 1430. The number of nitrogens with one attached hydrogen (secondary N) is 1. The Morgan fingerprint density at radius 2 is 1.59 bits per heavy atom. The third-order valence-electron chi connectivity index (χ3n) is 6.23. The second-order valence-electron chi connectivity index (χ2n) is 8.78. The highest BCUT2D eigenvalue weighted by Crippen LogP contribution is 2.32. The summed E-state index contributed by atoms with van der Waals surface area (Å²) in [7, 11) is 3.01. The van der Waals surface area contributed by atoms with Crippen LogP contribution in [0.15, 0.2) is 97.1 Å². The van der Waals surface area contributed by atoms with Crippen molar-refractivity contribution in [3.63, 3.8) is 0 Å². The summed E-state index contributed by atoms with van der Waals surface area (Å²) in [6, 6.07) is 25.9. The SMILES string of the molecule is COc1ccc(NC(=O)C(c2ccc(Cl)cc2)N(Cc2ccccc2F)C(=O)Cc2ccccc2)c(OC)c1. The molecule has 6 nitrogen and oxygen atoms in total. The van der Waals surface area contributed by atoms with Crippen molar-refractivity contribution in [1.82, 2.24) is 4.90 Å². The number of amides is 2. The van der Waals surface area contributed by atoms with E-state index in [4.69, 9.17) is 21.1 Å². The molecule has 1 N–H and O–H groups in total. The number of ether oxygens (including phenoxy) is 2. The Morgan fingerprint density at radius 1 is 0.897 bits per heavy atom. The molecule has 0 saturated heterocycles. The molecule has 0 saturated carbocycles. The van der Waals surface area contributed by atoms with E-state index in [1.54, 1.807) is 60.7 Å². The molecule has 39 heavy (non-hydrogen) atoms. The van der Waals surface area contributed by atoms with Crippen molar-refractivity contribution in [3.05, 3.63) is 125 Å². The predicted molar refractivity (Wildman–Crippen MR) is 149 cm³/mol. The van der Waals surface area contributed by atoms with Crippen LogP contribution in [-0.4, -0.2) is 30.9 Å². The van der Waals surface area contributed by atoms with E-state index in [-0.39, 0.29) is 24.4 Å². The van der Waals surface area contributed by atoms with Gasteiger partial charge < -0.3 is 19.7 Å². The first kappa shape index (κ1) is 27.7. The average Bonchev–Trinajstić information content (AvgIpc) is 2.95. The quantitative estimate of drug-likeness (QED) is 0.248. The second-order valence-corrected chi connectivity index (χ2v) is 9.22. The number of anilines is 1. The summed E-state index contributed by atoms with van der Waals surface area (Å²) < 4.78 is 25.5. The maximum atomic E-state index is 14.8. The summed E-state index contributed by atoms with van der Waals surface area (Å²) in [6.45, 7) is -0.126. The maximum Gasteiger partial charge on any atom is 0.251 e. The molecule has 0 heterocycles. The third kappa shape index (κ3) is 6.94. The zero-order valence-corrected chi connectivity index (χ0v) is 22.3. The molecule has 1 atom stereocenters. The van der Waals surface area contributed by atoms with Gasteiger partial charge in [0.15, 0.2) is 0 Å². The largest absolute Gasteiger partial charge is 0.497 e. The van der Waals surface area contributed by atoms with Gasteiger partial charge in [0.25, 0.3) is 5.91 Å². The van der Waals surface area contributed by atoms with E-state index >= 15 is 0 Å². The van der Waals surface area contributed by atoms with Crippen molar-refractivity contribution in [2.45, 2.75) is 19.0 Å². The number of benzene rings is 4. The van der Waals surface area contributed by atoms with Crippen LogP contribution in [0.4, 0.5) is 10.1 Å². The van der Waals surface area contributed by atoms with Gasteiger partial charge in [0.2, 0.25) is 5.91 Å². The summed E-state index contributed by atoms with van der Waals surface area (Å²) in [6.07, 6.45) is 0.0263. The van der Waals surface area contributed by atoms with Gasteiger partial charge in [0, 0.05) is 23.2 Å². The van der Waals surface area contributed by atoms with Gasteiger partial charge >= 0.3 is 0 Å².